The maximum Gasteiger partial charge on any atom is 0.257 e. The molecule has 0 spiro atoms. The minimum absolute atomic E-state index is 0.0167. The summed E-state index contributed by atoms with van der Waals surface area (Å²) in [7, 11) is 0. The summed E-state index contributed by atoms with van der Waals surface area (Å²) >= 11 is 0. The molecule has 0 aromatic rings. The molecule has 1 aliphatic heterocycles. The Bertz CT molecular complexity index is 449. The molecule has 3 aliphatic rings. The van der Waals surface area contributed by atoms with E-state index in [9.17, 15) is 9.59 Å². The van der Waals surface area contributed by atoms with Crippen LogP contribution in [0.3, 0.4) is 0 Å². The number of amides is 2. The molecule has 3 heteroatoms. The fourth-order valence-corrected chi connectivity index (χ4v) is 3.96. The standard InChI is InChI=1S/C14H17NO2/c1-3-7-15-13(16)11-9-5-6-10(8(9)4-2)12(11)14(15)17/h3,8-9,11H,1,4-7H2,2H3. The lowest BCUT2D eigenvalue weighted by molar-refractivity contribution is -0.139. The molecule has 3 atom stereocenters. The molecule has 0 radical (unpaired) electrons. The van der Waals surface area contributed by atoms with Crippen LogP contribution in [0, 0.1) is 17.8 Å². The molecule has 1 heterocycles. The van der Waals surface area contributed by atoms with E-state index in [2.05, 4.69) is 13.5 Å². The third kappa shape index (κ3) is 1.17. The quantitative estimate of drug-likeness (QED) is 0.549. The molecule has 2 aliphatic carbocycles. The second-order valence-electron chi connectivity index (χ2n) is 5.18. The smallest absolute Gasteiger partial charge is 0.257 e. The predicted molar refractivity (Wildman–Crippen MR) is 63.9 cm³/mol. The number of allylic oxidation sites excluding steroid dienone is 1. The molecule has 1 saturated heterocycles. The molecule has 0 aromatic heterocycles. The van der Waals surface area contributed by atoms with Crippen molar-refractivity contribution in [2.24, 2.45) is 17.8 Å². The first kappa shape index (κ1) is 10.8. The van der Waals surface area contributed by atoms with Gasteiger partial charge in [-0.2, -0.15) is 0 Å². The molecule has 2 bridgehead atoms. The van der Waals surface area contributed by atoms with Crippen LogP contribution in [-0.2, 0) is 9.59 Å². The summed E-state index contributed by atoms with van der Waals surface area (Å²) in [6.07, 6.45) is 4.79. The highest BCUT2D eigenvalue weighted by Gasteiger charge is 2.57. The van der Waals surface area contributed by atoms with Gasteiger partial charge >= 0.3 is 0 Å². The highest BCUT2D eigenvalue weighted by molar-refractivity contribution is 6.16. The SMILES string of the molecule is C=CCN1C(=O)C2=C3CCC(C3CC)C2C1=O. The van der Waals surface area contributed by atoms with Gasteiger partial charge in [0.05, 0.1) is 5.92 Å². The van der Waals surface area contributed by atoms with Crippen LogP contribution in [0.25, 0.3) is 0 Å². The summed E-state index contributed by atoms with van der Waals surface area (Å²) in [5.41, 5.74) is 2.13. The van der Waals surface area contributed by atoms with Gasteiger partial charge in [-0.05, 0) is 31.1 Å². The number of imide groups is 1. The predicted octanol–water partition coefficient (Wildman–Crippen LogP) is 1.90. The molecule has 3 rings (SSSR count). The number of carbonyl (C=O) groups excluding carboxylic acids is 2. The van der Waals surface area contributed by atoms with Crippen LogP contribution < -0.4 is 0 Å². The van der Waals surface area contributed by atoms with Gasteiger partial charge in [0.2, 0.25) is 5.91 Å². The largest absolute Gasteiger partial charge is 0.274 e. The molecule has 17 heavy (non-hydrogen) atoms. The number of carbonyl (C=O) groups is 2. The average molecular weight is 231 g/mol. The van der Waals surface area contributed by atoms with Gasteiger partial charge in [0.1, 0.15) is 0 Å². The average Bonchev–Trinajstić information content (AvgIpc) is 2.94. The third-order valence-electron chi connectivity index (χ3n) is 4.56. The lowest BCUT2D eigenvalue weighted by atomic mass is 9.85. The summed E-state index contributed by atoms with van der Waals surface area (Å²) in [6.45, 7) is 6.12. The van der Waals surface area contributed by atoms with E-state index >= 15 is 0 Å². The maximum atomic E-state index is 12.3. The zero-order valence-electron chi connectivity index (χ0n) is 10.1. The molecular formula is C14H17NO2. The van der Waals surface area contributed by atoms with E-state index in [1.165, 1.54) is 10.5 Å². The summed E-state index contributed by atoms with van der Waals surface area (Å²) in [4.78, 5) is 25.9. The van der Waals surface area contributed by atoms with E-state index in [4.69, 9.17) is 0 Å². The second kappa shape index (κ2) is 3.56. The lowest BCUT2D eigenvalue weighted by Gasteiger charge is -2.19. The number of nitrogens with zero attached hydrogens (tertiary/aromatic N) is 1. The molecule has 3 unspecified atom stereocenters. The van der Waals surface area contributed by atoms with Crippen molar-refractivity contribution >= 4 is 11.8 Å². The van der Waals surface area contributed by atoms with Gasteiger partial charge in [-0.15, -0.1) is 6.58 Å². The first-order valence-electron chi connectivity index (χ1n) is 6.40. The van der Waals surface area contributed by atoms with Crippen LogP contribution in [0.5, 0.6) is 0 Å². The Kier molecular flexibility index (Phi) is 2.25. The maximum absolute atomic E-state index is 12.3. The summed E-state index contributed by atoms with van der Waals surface area (Å²) in [5.74, 6) is 0.750. The molecule has 2 amide bonds. The van der Waals surface area contributed by atoms with Crippen molar-refractivity contribution in [3.63, 3.8) is 0 Å². The normalized spacial score (nSPS) is 34.9. The molecule has 0 aromatic carbocycles. The molecule has 3 nitrogen and oxygen atoms in total. The van der Waals surface area contributed by atoms with Gasteiger partial charge in [0, 0.05) is 12.1 Å². The minimum atomic E-state index is -0.115. The van der Waals surface area contributed by atoms with Gasteiger partial charge in [-0.3, -0.25) is 14.5 Å². The fraction of sp³-hybridized carbons (Fsp3) is 0.571. The van der Waals surface area contributed by atoms with Gasteiger partial charge in [-0.25, -0.2) is 0 Å². The van der Waals surface area contributed by atoms with Gasteiger partial charge in [0.25, 0.3) is 5.91 Å². The summed E-state index contributed by atoms with van der Waals surface area (Å²) in [6, 6.07) is 0. The van der Waals surface area contributed by atoms with Crippen molar-refractivity contribution in [2.45, 2.75) is 26.2 Å². The third-order valence-corrected chi connectivity index (χ3v) is 4.56. The first-order chi connectivity index (χ1) is 8.20. The zero-order chi connectivity index (χ0) is 12.2. The van der Waals surface area contributed by atoms with Crippen LogP contribution in [0.15, 0.2) is 23.8 Å². The number of fused-ring (bicyclic) bond motifs is 4. The Hall–Kier alpha value is -1.38. The molecule has 1 saturated carbocycles. The van der Waals surface area contributed by atoms with Crippen LogP contribution in [-0.4, -0.2) is 23.3 Å². The summed E-state index contributed by atoms with van der Waals surface area (Å²) in [5, 5.41) is 0. The van der Waals surface area contributed by atoms with E-state index < -0.39 is 0 Å². The highest BCUT2D eigenvalue weighted by Crippen LogP contribution is 2.56. The zero-order valence-corrected chi connectivity index (χ0v) is 10.1. The Labute approximate surface area is 101 Å². The molecular weight excluding hydrogens is 214 g/mol. The van der Waals surface area contributed by atoms with Crippen molar-refractivity contribution in [1.29, 1.82) is 0 Å². The molecule has 2 fully saturated rings. The van der Waals surface area contributed by atoms with Crippen molar-refractivity contribution in [3.05, 3.63) is 23.8 Å². The monoisotopic (exact) mass is 231 g/mol. The van der Waals surface area contributed by atoms with Gasteiger partial charge in [0.15, 0.2) is 0 Å². The highest BCUT2D eigenvalue weighted by atomic mass is 16.2. The Balaban J connectivity index is 2.04. The van der Waals surface area contributed by atoms with E-state index in [1.807, 2.05) is 0 Å². The van der Waals surface area contributed by atoms with Crippen molar-refractivity contribution in [1.82, 2.24) is 4.90 Å². The lowest BCUT2D eigenvalue weighted by Crippen LogP contribution is -2.33. The fourth-order valence-electron chi connectivity index (χ4n) is 3.96. The van der Waals surface area contributed by atoms with Crippen molar-refractivity contribution < 1.29 is 9.59 Å². The number of likely N-dealkylation sites (tertiary alicyclic amines) is 1. The number of rotatable bonds is 3. The van der Waals surface area contributed by atoms with Crippen molar-refractivity contribution in [2.75, 3.05) is 6.54 Å². The van der Waals surface area contributed by atoms with E-state index in [-0.39, 0.29) is 17.7 Å². The van der Waals surface area contributed by atoms with Crippen LogP contribution in [0.1, 0.15) is 26.2 Å². The second-order valence-corrected chi connectivity index (χ2v) is 5.18. The molecule has 0 N–H and O–H groups in total. The molecule has 90 valence electrons. The Morgan fingerprint density at radius 3 is 2.82 bits per heavy atom. The van der Waals surface area contributed by atoms with E-state index in [0.29, 0.717) is 18.4 Å². The van der Waals surface area contributed by atoms with E-state index in [1.54, 1.807) is 6.08 Å². The number of hydrogen-bond acceptors (Lipinski definition) is 2. The Morgan fingerprint density at radius 1 is 1.47 bits per heavy atom. The van der Waals surface area contributed by atoms with Crippen LogP contribution >= 0.6 is 0 Å². The van der Waals surface area contributed by atoms with Crippen molar-refractivity contribution in [3.8, 4) is 0 Å². The van der Waals surface area contributed by atoms with E-state index in [0.717, 1.165) is 24.8 Å². The Morgan fingerprint density at radius 2 is 2.24 bits per heavy atom. The topological polar surface area (TPSA) is 37.4 Å². The van der Waals surface area contributed by atoms with Gasteiger partial charge in [-0.1, -0.05) is 18.6 Å². The first-order valence-corrected chi connectivity index (χ1v) is 6.40. The number of hydrogen-bond donors (Lipinski definition) is 0. The van der Waals surface area contributed by atoms with Crippen LogP contribution in [0.4, 0.5) is 0 Å². The minimum Gasteiger partial charge on any atom is -0.274 e. The van der Waals surface area contributed by atoms with Crippen LogP contribution in [0.2, 0.25) is 0 Å². The van der Waals surface area contributed by atoms with Gasteiger partial charge < -0.3 is 0 Å². The summed E-state index contributed by atoms with van der Waals surface area (Å²) < 4.78 is 0.